The predicted octanol–water partition coefficient (Wildman–Crippen LogP) is 5.92. The van der Waals surface area contributed by atoms with Crippen molar-refractivity contribution in [2.24, 2.45) is 5.92 Å². The minimum atomic E-state index is -0.343. The Morgan fingerprint density at radius 1 is 1.16 bits per heavy atom. The number of benzene rings is 2. The molecule has 1 fully saturated rings. The zero-order valence-electron chi connectivity index (χ0n) is 18.8. The maximum atomic E-state index is 13.5. The number of fused-ring (bicyclic) bond motifs is 1. The Labute approximate surface area is 194 Å². The van der Waals surface area contributed by atoms with Gasteiger partial charge in [-0.05, 0) is 62.6 Å². The molecular weight excluding hydrogens is 422 g/mol. The van der Waals surface area contributed by atoms with Crippen LogP contribution in [0.2, 0.25) is 5.02 Å². The van der Waals surface area contributed by atoms with Gasteiger partial charge in [0.25, 0.3) is 5.56 Å². The van der Waals surface area contributed by atoms with Crippen molar-refractivity contribution in [1.82, 2.24) is 14.5 Å². The number of para-hydroxylation sites is 1. The number of carbonyl (C=O) groups excluding carboxylic acids is 1. The van der Waals surface area contributed by atoms with Crippen molar-refractivity contribution in [2.45, 2.75) is 58.4 Å². The number of halogens is 1. The molecule has 0 radical (unpaired) electrons. The molecule has 0 bridgehead atoms. The van der Waals surface area contributed by atoms with Gasteiger partial charge in [-0.15, -0.1) is 0 Å². The largest absolute Gasteiger partial charge is 0.333 e. The topological polar surface area (TPSA) is 55.2 Å². The second kappa shape index (κ2) is 9.86. The molecule has 32 heavy (non-hydrogen) atoms. The van der Waals surface area contributed by atoms with Crippen molar-refractivity contribution < 1.29 is 4.79 Å². The second-order valence-corrected chi connectivity index (χ2v) is 9.09. The Morgan fingerprint density at radius 2 is 1.84 bits per heavy atom. The van der Waals surface area contributed by atoms with Crippen molar-refractivity contribution in [3.63, 3.8) is 0 Å². The first kappa shape index (κ1) is 22.5. The van der Waals surface area contributed by atoms with E-state index in [1.807, 2.05) is 49.1 Å². The fourth-order valence-electron chi connectivity index (χ4n) is 4.85. The van der Waals surface area contributed by atoms with Crippen LogP contribution in [0.25, 0.3) is 16.6 Å². The van der Waals surface area contributed by atoms with Gasteiger partial charge in [0.05, 0.1) is 22.6 Å². The number of aromatic nitrogens is 2. The van der Waals surface area contributed by atoms with E-state index in [1.165, 1.54) is 25.7 Å². The average Bonchev–Trinajstić information content (AvgIpc) is 3.32. The highest BCUT2D eigenvalue weighted by molar-refractivity contribution is 6.30. The lowest BCUT2D eigenvalue weighted by Crippen LogP contribution is -2.37. The molecule has 1 aromatic heterocycles. The third-order valence-electron chi connectivity index (χ3n) is 6.63. The molecule has 0 N–H and O–H groups in total. The summed E-state index contributed by atoms with van der Waals surface area (Å²) in [5, 5.41) is 1.15. The van der Waals surface area contributed by atoms with Gasteiger partial charge in [0.1, 0.15) is 5.82 Å². The summed E-state index contributed by atoms with van der Waals surface area (Å²) < 4.78 is 1.62. The minimum absolute atomic E-state index is 0.122. The van der Waals surface area contributed by atoms with Crippen molar-refractivity contribution in [2.75, 3.05) is 6.54 Å². The van der Waals surface area contributed by atoms with Gasteiger partial charge in [-0.3, -0.25) is 14.2 Å². The Hall–Kier alpha value is -2.66. The summed E-state index contributed by atoms with van der Waals surface area (Å²) in [5.74, 6) is 1.35. The molecule has 0 aliphatic heterocycles. The molecule has 4 rings (SSSR count). The van der Waals surface area contributed by atoms with E-state index in [4.69, 9.17) is 16.6 Å². The van der Waals surface area contributed by atoms with Crippen LogP contribution in [0.1, 0.15) is 64.2 Å². The molecule has 1 heterocycles. The maximum absolute atomic E-state index is 13.5. The van der Waals surface area contributed by atoms with E-state index >= 15 is 0 Å². The van der Waals surface area contributed by atoms with Gasteiger partial charge in [0.15, 0.2) is 0 Å². The molecule has 1 unspecified atom stereocenters. The molecule has 1 amide bonds. The number of nitrogens with zero attached hydrogens (tertiary/aromatic N) is 3. The van der Waals surface area contributed by atoms with Crippen LogP contribution in [0.15, 0.2) is 53.3 Å². The minimum Gasteiger partial charge on any atom is -0.333 e. The summed E-state index contributed by atoms with van der Waals surface area (Å²) in [4.78, 5) is 33.4. The van der Waals surface area contributed by atoms with Gasteiger partial charge < -0.3 is 4.90 Å². The summed E-state index contributed by atoms with van der Waals surface area (Å²) >= 11 is 6.08. The van der Waals surface area contributed by atoms with Crippen LogP contribution in [-0.4, -0.2) is 26.9 Å². The van der Waals surface area contributed by atoms with Crippen LogP contribution in [0, 0.1) is 5.92 Å². The van der Waals surface area contributed by atoms with Crippen molar-refractivity contribution in [1.29, 1.82) is 0 Å². The molecule has 3 aromatic rings. The fraction of sp³-hybridized carbons (Fsp3) is 0.423. The monoisotopic (exact) mass is 451 g/mol. The number of amides is 1. The number of rotatable bonds is 7. The van der Waals surface area contributed by atoms with E-state index in [1.54, 1.807) is 22.8 Å². The molecule has 1 aliphatic rings. The highest BCUT2D eigenvalue weighted by Crippen LogP contribution is 2.30. The highest BCUT2D eigenvalue weighted by atomic mass is 35.5. The lowest BCUT2D eigenvalue weighted by Gasteiger charge is -2.30. The summed E-state index contributed by atoms with van der Waals surface area (Å²) in [7, 11) is 0. The highest BCUT2D eigenvalue weighted by Gasteiger charge is 2.26. The average molecular weight is 452 g/mol. The zero-order valence-corrected chi connectivity index (χ0v) is 19.5. The van der Waals surface area contributed by atoms with Gasteiger partial charge in [0.2, 0.25) is 5.91 Å². The Bertz CT molecular complexity index is 1150. The van der Waals surface area contributed by atoms with Crippen LogP contribution in [0.3, 0.4) is 0 Å². The predicted molar refractivity (Wildman–Crippen MR) is 129 cm³/mol. The summed E-state index contributed by atoms with van der Waals surface area (Å²) in [5.41, 5.74) is 1.18. The molecule has 6 heteroatoms. The molecule has 0 spiro atoms. The SMILES string of the molecule is CCN(C(=O)CCC1CCCC1)C(C)c1nc2ccccc2c(=O)n1-c1ccc(Cl)cc1. The molecule has 1 saturated carbocycles. The molecule has 5 nitrogen and oxygen atoms in total. The Kier molecular flexibility index (Phi) is 6.95. The van der Waals surface area contributed by atoms with Gasteiger partial charge >= 0.3 is 0 Å². The maximum Gasteiger partial charge on any atom is 0.266 e. The van der Waals surface area contributed by atoms with E-state index in [0.717, 1.165) is 6.42 Å². The third kappa shape index (κ3) is 4.58. The smallest absolute Gasteiger partial charge is 0.266 e. The fourth-order valence-corrected chi connectivity index (χ4v) is 4.97. The number of hydrogen-bond acceptors (Lipinski definition) is 3. The van der Waals surface area contributed by atoms with Gasteiger partial charge in [0, 0.05) is 18.0 Å². The second-order valence-electron chi connectivity index (χ2n) is 8.65. The molecule has 2 aromatic carbocycles. The van der Waals surface area contributed by atoms with E-state index in [0.29, 0.717) is 46.3 Å². The molecule has 168 valence electrons. The molecule has 1 aliphatic carbocycles. The quantitative estimate of drug-likeness (QED) is 0.448. The first-order chi connectivity index (χ1) is 15.5. The molecular formula is C26H30ClN3O2. The van der Waals surface area contributed by atoms with E-state index in [9.17, 15) is 9.59 Å². The third-order valence-corrected chi connectivity index (χ3v) is 6.88. The van der Waals surface area contributed by atoms with Gasteiger partial charge in [-0.2, -0.15) is 0 Å². The summed E-state index contributed by atoms with van der Waals surface area (Å²) in [6, 6.07) is 14.2. The summed E-state index contributed by atoms with van der Waals surface area (Å²) in [6.07, 6.45) is 6.51. The van der Waals surface area contributed by atoms with Crippen molar-refractivity contribution >= 4 is 28.4 Å². The number of carbonyl (C=O) groups is 1. The van der Waals surface area contributed by atoms with Crippen LogP contribution in [0.4, 0.5) is 0 Å². The lowest BCUT2D eigenvalue weighted by atomic mass is 10.0. The lowest BCUT2D eigenvalue weighted by molar-refractivity contribution is -0.133. The molecule has 0 saturated heterocycles. The Balaban J connectivity index is 1.73. The molecule has 1 atom stereocenters. The van der Waals surface area contributed by atoms with Crippen LogP contribution in [0.5, 0.6) is 0 Å². The van der Waals surface area contributed by atoms with Gasteiger partial charge in [-0.25, -0.2) is 4.98 Å². The van der Waals surface area contributed by atoms with E-state index in [-0.39, 0.29) is 17.5 Å². The number of hydrogen-bond donors (Lipinski definition) is 0. The first-order valence-corrected chi connectivity index (χ1v) is 11.9. The van der Waals surface area contributed by atoms with E-state index < -0.39 is 0 Å². The van der Waals surface area contributed by atoms with Crippen LogP contribution < -0.4 is 5.56 Å². The van der Waals surface area contributed by atoms with Gasteiger partial charge in [-0.1, -0.05) is 49.4 Å². The van der Waals surface area contributed by atoms with Crippen LogP contribution in [-0.2, 0) is 4.79 Å². The first-order valence-electron chi connectivity index (χ1n) is 11.6. The zero-order chi connectivity index (χ0) is 22.7. The van der Waals surface area contributed by atoms with E-state index in [2.05, 4.69) is 0 Å². The normalized spacial score (nSPS) is 15.2. The summed E-state index contributed by atoms with van der Waals surface area (Å²) in [6.45, 7) is 4.50. The van der Waals surface area contributed by atoms with Crippen molar-refractivity contribution in [3.8, 4) is 5.69 Å². The van der Waals surface area contributed by atoms with Crippen molar-refractivity contribution in [3.05, 3.63) is 69.7 Å². The standard InChI is InChI=1S/C26H30ClN3O2/c1-3-29(24(31)17-12-19-8-4-5-9-19)18(2)25-28-23-11-7-6-10-22(23)26(32)30(25)21-15-13-20(27)14-16-21/h6-7,10-11,13-16,18-19H,3-5,8-9,12,17H2,1-2H3. The Morgan fingerprint density at radius 3 is 2.53 bits per heavy atom. The van der Waals surface area contributed by atoms with Crippen LogP contribution >= 0.6 is 11.6 Å².